The number of nitrogens with zero attached hydrogens (tertiary/aromatic N) is 1. The van der Waals surface area contributed by atoms with Crippen LogP contribution in [-0.4, -0.2) is 76.8 Å². The van der Waals surface area contributed by atoms with Crippen molar-refractivity contribution in [2.75, 3.05) is 34.3 Å². The minimum Gasteiger partial charge on any atom is -1.00 e. The molecule has 0 saturated heterocycles. The molecule has 0 aliphatic carbocycles. The maximum Gasteiger partial charge on any atom is 0.296 e. The maximum atomic E-state index is 11.9. The van der Waals surface area contributed by atoms with Gasteiger partial charge in [-0.1, -0.05) is 180 Å². The first-order chi connectivity index (χ1) is 21.2. The van der Waals surface area contributed by atoms with Crippen molar-refractivity contribution < 1.29 is 29.5 Å². The van der Waals surface area contributed by atoms with Crippen molar-refractivity contribution in [3.63, 3.8) is 0 Å². The second-order valence-corrected chi connectivity index (χ2v) is 15.7. The van der Waals surface area contributed by atoms with E-state index in [2.05, 4.69) is 35.0 Å². The molecule has 0 aliphatic heterocycles. The van der Waals surface area contributed by atoms with E-state index in [1.54, 1.807) is 30.3 Å². The quantitative estimate of drug-likeness (QED) is 0.0349. The number of hydrogen-bond donors (Lipinski definition) is 0. The molecule has 0 bridgehead atoms. The van der Waals surface area contributed by atoms with E-state index < -0.39 is 10.1 Å². The molecular weight excluding hydrogens is 621 g/mol. The Morgan fingerprint density at radius 2 is 0.804 bits per heavy atom. The van der Waals surface area contributed by atoms with Gasteiger partial charge in [0.15, 0.2) is 0 Å². The molecule has 0 atom stereocenters. The summed E-state index contributed by atoms with van der Waals surface area (Å²) in [6.07, 6.45) is 35.6. The Labute approximate surface area is 317 Å². The van der Waals surface area contributed by atoms with Gasteiger partial charge in [0.1, 0.15) is 0 Å². The zero-order chi connectivity index (χ0) is 32.6. The summed E-state index contributed by atoms with van der Waals surface area (Å²) in [5, 5.41) is 0. The zero-order valence-corrected chi connectivity index (χ0v) is 35.2. The Morgan fingerprint density at radius 3 is 1.13 bits per heavy atom. The normalized spacial score (nSPS) is 11.3. The van der Waals surface area contributed by atoms with Crippen LogP contribution in [0.15, 0.2) is 35.2 Å². The van der Waals surface area contributed by atoms with Crippen LogP contribution in [0.1, 0.15) is 181 Å². The Morgan fingerprint density at radius 1 is 0.500 bits per heavy atom. The summed E-state index contributed by atoms with van der Waals surface area (Å²) in [7, 11) is 3.32. The molecule has 0 spiro atoms. The molecule has 269 valence electrons. The molecule has 0 aromatic heterocycles. The van der Waals surface area contributed by atoms with Crippen LogP contribution in [0.3, 0.4) is 0 Å². The number of hydrogen-bond acceptors (Lipinski definition) is 3. The maximum absolute atomic E-state index is 11.9. The Kier molecular flexibility index (Phi) is 40.4. The molecule has 0 saturated carbocycles. The number of quaternary nitrogens is 1. The second-order valence-electron chi connectivity index (χ2n) is 14.1. The largest absolute Gasteiger partial charge is 1.00 e. The number of rotatable bonds is 30. The molecule has 46 heavy (non-hydrogen) atoms. The average Bonchev–Trinajstić information content (AvgIpc) is 3.00. The van der Waals surface area contributed by atoms with Gasteiger partial charge in [-0.05, 0) is 31.4 Å². The van der Waals surface area contributed by atoms with E-state index in [1.165, 1.54) is 161 Å². The van der Waals surface area contributed by atoms with E-state index in [1.807, 2.05) is 0 Å². The number of unbranched alkanes of at least 4 members (excludes halogenated alkanes) is 24. The standard InChI is InChI=1S/C21H46N.C18H30O3S.ClH.Na/c1-5-6-7-8-9-10-11-12-13-14-15-16-17-18-19-20-21-22(2,3)4;1-2-3-4-5-6-7-8-9-10-14-17-21-22(19,20)18-15-12-11-13-16-18;;/h5-21H2,1-4H3;11-13,15-16H,2-10,14,17H2,1H3;1H;/q+1;;;/p-1. The molecule has 4 nitrogen and oxygen atoms in total. The molecule has 1 rings (SSSR count). The van der Waals surface area contributed by atoms with Crippen LogP contribution < -0.4 is 12.4 Å². The second kappa shape index (κ2) is 36.7. The van der Waals surface area contributed by atoms with E-state index >= 15 is 0 Å². The van der Waals surface area contributed by atoms with E-state index in [4.69, 9.17) is 4.18 Å². The molecule has 0 amide bonds. The SMILES string of the molecule is CCCCCCCCCCCCCCCCCC[N+](C)(C)C.CCCCCCCCCCCCOS(=O)(=O)c1ccccc1.[Cl-].[Na]. The van der Waals surface area contributed by atoms with Crippen molar-refractivity contribution >= 4 is 39.7 Å². The summed E-state index contributed by atoms with van der Waals surface area (Å²) in [6, 6.07) is 8.33. The fourth-order valence-corrected chi connectivity index (χ4v) is 6.51. The van der Waals surface area contributed by atoms with Crippen LogP contribution in [0.2, 0.25) is 0 Å². The van der Waals surface area contributed by atoms with Crippen molar-refractivity contribution in [2.24, 2.45) is 0 Å². The van der Waals surface area contributed by atoms with Gasteiger partial charge in [0.05, 0.1) is 39.2 Å². The Bertz CT molecular complexity index is 818. The summed E-state index contributed by atoms with van der Waals surface area (Å²) in [6.45, 7) is 6.15. The minimum atomic E-state index is -3.57. The van der Waals surface area contributed by atoms with E-state index in [0.29, 0.717) is 0 Å². The van der Waals surface area contributed by atoms with Crippen LogP contribution in [0.4, 0.5) is 0 Å². The topological polar surface area (TPSA) is 43.4 Å². The minimum absolute atomic E-state index is 0. The molecule has 0 unspecified atom stereocenters. The van der Waals surface area contributed by atoms with Gasteiger partial charge in [-0.25, -0.2) is 0 Å². The molecule has 7 heteroatoms. The molecule has 0 heterocycles. The third kappa shape index (κ3) is 37.2. The van der Waals surface area contributed by atoms with Gasteiger partial charge in [0.2, 0.25) is 0 Å². The van der Waals surface area contributed by atoms with Crippen LogP contribution in [0.5, 0.6) is 0 Å². The van der Waals surface area contributed by atoms with Gasteiger partial charge in [-0.3, -0.25) is 4.18 Å². The van der Waals surface area contributed by atoms with Crippen molar-refractivity contribution in [3.05, 3.63) is 30.3 Å². The van der Waals surface area contributed by atoms with E-state index in [9.17, 15) is 8.42 Å². The van der Waals surface area contributed by atoms with Crippen molar-refractivity contribution in [1.82, 2.24) is 0 Å². The zero-order valence-electron chi connectivity index (χ0n) is 31.6. The average molecular weight is 698 g/mol. The molecule has 1 aromatic rings. The summed E-state index contributed by atoms with van der Waals surface area (Å²) in [5.41, 5.74) is 0. The van der Waals surface area contributed by atoms with Gasteiger partial charge >= 0.3 is 0 Å². The number of halogens is 1. The number of benzene rings is 1. The van der Waals surface area contributed by atoms with E-state index in [0.717, 1.165) is 17.3 Å². The van der Waals surface area contributed by atoms with Gasteiger partial charge in [-0.2, -0.15) is 8.42 Å². The fourth-order valence-electron chi connectivity index (χ4n) is 5.55. The Balaban J connectivity index is -0.000000770. The summed E-state index contributed by atoms with van der Waals surface area (Å²) < 4.78 is 29.9. The molecular formula is C39H76ClNNaO3S. The monoisotopic (exact) mass is 697 g/mol. The van der Waals surface area contributed by atoms with Crippen molar-refractivity contribution in [3.8, 4) is 0 Å². The Hall–Kier alpha value is 0.380. The van der Waals surface area contributed by atoms with Crippen LogP contribution >= 0.6 is 0 Å². The van der Waals surface area contributed by atoms with Crippen LogP contribution in [0, 0.1) is 0 Å². The van der Waals surface area contributed by atoms with Crippen molar-refractivity contribution in [1.29, 1.82) is 0 Å². The van der Waals surface area contributed by atoms with Crippen molar-refractivity contribution in [2.45, 2.75) is 186 Å². The third-order valence-electron chi connectivity index (χ3n) is 8.45. The van der Waals surface area contributed by atoms with Crippen LogP contribution in [0.25, 0.3) is 0 Å². The fraction of sp³-hybridized carbons (Fsp3) is 0.846. The first-order valence-electron chi connectivity index (χ1n) is 19.0. The predicted molar refractivity (Wildman–Crippen MR) is 200 cm³/mol. The van der Waals surface area contributed by atoms with Gasteiger partial charge in [0, 0.05) is 29.6 Å². The van der Waals surface area contributed by atoms with E-state index in [-0.39, 0.29) is 53.5 Å². The van der Waals surface area contributed by atoms with Crippen LogP contribution in [-0.2, 0) is 14.3 Å². The van der Waals surface area contributed by atoms with Gasteiger partial charge < -0.3 is 16.9 Å². The summed E-state index contributed by atoms with van der Waals surface area (Å²) in [4.78, 5) is 0.238. The smallest absolute Gasteiger partial charge is 0.296 e. The first kappa shape index (κ1) is 50.8. The molecule has 1 aromatic carbocycles. The molecule has 0 fully saturated rings. The molecule has 0 N–H and O–H groups in total. The summed E-state index contributed by atoms with van der Waals surface area (Å²) >= 11 is 0. The predicted octanol–water partition coefficient (Wildman–Crippen LogP) is 8.89. The third-order valence-corrected chi connectivity index (χ3v) is 9.78. The molecule has 0 aliphatic rings. The van der Waals surface area contributed by atoms with Gasteiger partial charge in [0.25, 0.3) is 10.1 Å². The first-order valence-corrected chi connectivity index (χ1v) is 20.4. The summed E-state index contributed by atoms with van der Waals surface area (Å²) in [5.74, 6) is 0. The molecule has 1 radical (unpaired) electrons. The van der Waals surface area contributed by atoms with Gasteiger partial charge in [-0.15, -0.1) is 0 Å².